The van der Waals surface area contributed by atoms with Gasteiger partial charge in [-0.1, -0.05) is 32.0 Å². The van der Waals surface area contributed by atoms with Crippen molar-refractivity contribution < 1.29 is 29.4 Å². The largest absolute Gasteiger partial charge is 0.480 e. The van der Waals surface area contributed by atoms with E-state index < -0.39 is 54.5 Å². The van der Waals surface area contributed by atoms with Crippen LogP contribution in [0.5, 0.6) is 0 Å². The van der Waals surface area contributed by atoms with Gasteiger partial charge in [-0.05, 0) is 36.8 Å². The molecule has 40 heavy (non-hydrogen) atoms. The van der Waals surface area contributed by atoms with Crippen LogP contribution in [0.3, 0.4) is 0 Å². The van der Waals surface area contributed by atoms with E-state index in [-0.39, 0.29) is 37.7 Å². The van der Waals surface area contributed by atoms with Crippen LogP contribution >= 0.6 is 0 Å². The van der Waals surface area contributed by atoms with Crippen LogP contribution in [0, 0.1) is 5.92 Å². The number of carbonyl (C=O) groups excluding carboxylic acids is 3. The molecule has 0 fully saturated rings. The number of aliphatic hydroxyl groups excluding tert-OH is 1. The highest BCUT2D eigenvalue weighted by Gasteiger charge is 2.31. The number of nitrogens with two attached hydrogens (primary N) is 3. The number of rotatable bonds is 16. The lowest BCUT2D eigenvalue weighted by molar-refractivity contribution is -0.142. The number of aliphatic hydroxyl groups is 1. The number of para-hydroxylation sites is 1. The van der Waals surface area contributed by atoms with E-state index in [1.54, 1.807) is 6.20 Å². The number of benzene rings is 1. The van der Waals surface area contributed by atoms with E-state index in [1.807, 2.05) is 38.1 Å². The molecule has 0 radical (unpaired) electrons. The van der Waals surface area contributed by atoms with Gasteiger partial charge in [0.15, 0.2) is 5.96 Å². The normalized spacial score (nSPS) is 14.1. The standard InChI is InChI=1S/C26H40N8O6/c1-14(2)10-20(33-22(36)17(27)13-35)23(37)34-21(11-15-12-31-18-7-4-3-6-16(15)18)24(38)32-19(25(39)40)8-5-9-30-26(28)29/h3-4,6-7,12,14,17,19-21,31,35H,5,8-11,13,27H2,1-2H3,(H,32,38)(H,33,36)(H,34,37)(H,39,40)(H4,28,29,30). The Labute approximate surface area is 232 Å². The molecule has 220 valence electrons. The summed E-state index contributed by atoms with van der Waals surface area (Å²) in [7, 11) is 0. The Morgan fingerprint density at radius 2 is 1.60 bits per heavy atom. The van der Waals surface area contributed by atoms with Crippen molar-refractivity contribution in [2.45, 2.75) is 63.7 Å². The number of fused-ring (bicyclic) bond motifs is 1. The van der Waals surface area contributed by atoms with Gasteiger partial charge in [-0.2, -0.15) is 0 Å². The summed E-state index contributed by atoms with van der Waals surface area (Å²) in [6.45, 7) is 3.29. The van der Waals surface area contributed by atoms with Crippen LogP contribution in [0.2, 0.25) is 0 Å². The van der Waals surface area contributed by atoms with Crippen LogP contribution in [0.15, 0.2) is 35.5 Å². The van der Waals surface area contributed by atoms with Crippen molar-refractivity contribution in [1.82, 2.24) is 20.9 Å². The van der Waals surface area contributed by atoms with Crippen LogP contribution in [0.4, 0.5) is 0 Å². The number of carbonyl (C=O) groups is 4. The maximum atomic E-state index is 13.4. The lowest BCUT2D eigenvalue weighted by Gasteiger charge is -2.26. The average molecular weight is 561 g/mol. The van der Waals surface area contributed by atoms with Crippen molar-refractivity contribution in [2.75, 3.05) is 13.2 Å². The van der Waals surface area contributed by atoms with Gasteiger partial charge < -0.3 is 48.3 Å². The second-order valence-electron chi connectivity index (χ2n) is 9.95. The molecule has 14 nitrogen and oxygen atoms in total. The molecule has 12 N–H and O–H groups in total. The second kappa shape index (κ2) is 15.4. The molecule has 1 aromatic carbocycles. The zero-order chi connectivity index (χ0) is 29.8. The number of carboxylic acids is 1. The van der Waals surface area contributed by atoms with Crippen molar-refractivity contribution in [1.29, 1.82) is 0 Å². The summed E-state index contributed by atoms with van der Waals surface area (Å²) in [5.41, 5.74) is 17.8. The molecule has 1 heterocycles. The summed E-state index contributed by atoms with van der Waals surface area (Å²) in [6.07, 6.45) is 2.34. The number of guanidine groups is 1. The van der Waals surface area contributed by atoms with E-state index in [0.29, 0.717) is 6.42 Å². The lowest BCUT2D eigenvalue weighted by Crippen LogP contribution is -2.58. The molecule has 0 aliphatic rings. The first-order valence-electron chi connectivity index (χ1n) is 13.0. The SMILES string of the molecule is CC(C)CC(NC(=O)C(N)CO)C(=O)NC(Cc1c[nH]c2ccccc12)C(=O)NC(CCCN=C(N)N)C(=O)O. The number of hydrogen-bond donors (Lipinski definition) is 9. The number of nitrogens with one attached hydrogen (secondary N) is 4. The van der Waals surface area contributed by atoms with Gasteiger partial charge in [-0.25, -0.2) is 4.79 Å². The zero-order valence-corrected chi connectivity index (χ0v) is 22.7. The Morgan fingerprint density at radius 1 is 0.975 bits per heavy atom. The summed E-state index contributed by atoms with van der Waals surface area (Å²) in [6, 6.07) is 2.72. The van der Waals surface area contributed by atoms with Gasteiger partial charge in [0.1, 0.15) is 24.2 Å². The van der Waals surface area contributed by atoms with Gasteiger partial charge >= 0.3 is 5.97 Å². The Kier molecular flexibility index (Phi) is 12.4. The molecule has 0 spiro atoms. The second-order valence-corrected chi connectivity index (χ2v) is 9.95. The van der Waals surface area contributed by atoms with Gasteiger partial charge in [-0.3, -0.25) is 19.4 Å². The quantitative estimate of drug-likeness (QED) is 0.0669. The smallest absolute Gasteiger partial charge is 0.326 e. The first kappa shape index (κ1) is 32.0. The first-order valence-corrected chi connectivity index (χ1v) is 13.0. The van der Waals surface area contributed by atoms with E-state index in [2.05, 4.69) is 25.9 Å². The summed E-state index contributed by atoms with van der Waals surface area (Å²) in [4.78, 5) is 57.9. The van der Waals surface area contributed by atoms with Crippen molar-refractivity contribution in [3.8, 4) is 0 Å². The number of carboxylic acid groups (broad SMARTS) is 1. The van der Waals surface area contributed by atoms with E-state index >= 15 is 0 Å². The van der Waals surface area contributed by atoms with Crippen molar-refractivity contribution in [3.63, 3.8) is 0 Å². The van der Waals surface area contributed by atoms with Gasteiger partial charge in [0.25, 0.3) is 0 Å². The number of H-pyrrole nitrogens is 1. The minimum atomic E-state index is -1.25. The monoisotopic (exact) mass is 560 g/mol. The molecule has 3 amide bonds. The highest BCUT2D eigenvalue weighted by molar-refractivity contribution is 5.95. The third-order valence-corrected chi connectivity index (χ3v) is 6.17. The molecule has 4 unspecified atom stereocenters. The van der Waals surface area contributed by atoms with Crippen LogP contribution in [0.1, 0.15) is 38.7 Å². The number of amides is 3. The molecule has 2 rings (SSSR count). The highest BCUT2D eigenvalue weighted by atomic mass is 16.4. The molecule has 14 heteroatoms. The van der Waals surface area contributed by atoms with Crippen LogP contribution < -0.4 is 33.2 Å². The average Bonchev–Trinajstić information content (AvgIpc) is 3.31. The zero-order valence-electron chi connectivity index (χ0n) is 22.7. The van der Waals surface area contributed by atoms with Crippen LogP contribution in [-0.2, 0) is 25.6 Å². The highest BCUT2D eigenvalue weighted by Crippen LogP contribution is 2.19. The molecule has 0 saturated heterocycles. The molecule has 0 saturated carbocycles. The number of aliphatic carboxylic acids is 1. The number of nitrogens with zero attached hydrogens (tertiary/aromatic N) is 1. The van der Waals surface area contributed by atoms with Gasteiger partial charge in [-0.15, -0.1) is 0 Å². The maximum absolute atomic E-state index is 13.4. The third kappa shape index (κ3) is 9.85. The number of aliphatic imine (C=N–C) groups is 1. The van der Waals surface area contributed by atoms with Crippen molar-refractivity contribution in [2.24, 2.45) is 28.1 Å². The predicted molar refractivity (Wildman–Crippen MR) is 150 cm³/mol. The number of hydrogen-bond acceptors (Lipinski definition) is 7. The third-order valence-electron chi connectivity index (χ3n) is 6.17. The fraction of sp³-hybridized carbons (Fsp3) is 0.500. The van der Waals surface area contributed by atoms with Gasteiger partial charge in [0.05, 0.1) is 6.61 Å². The fourth-order valence-corrected chi connectivity index (χ4v) is 4.10. The van der Waals surface area contributed by atoms with Crippen molar-refractivity contribution in [3.05, 3.63) is 36.0 Å². The summed E-state index contributed by atoms with van der Waals surface area (Å²) < 4.78 is 0. The number of aromatic amines is 1. The minimum absolute atomic E-state index is 0.0103. The summed E-state index contributed by atoms with van der Waals surface area (Å²) in [5, 5.41) is 27.4. The van der Waals surface area contributed by atoms with E-state index in [0.717, 1.165) is 16.5 Å². The molecule has 0 aliphatic carbocycles. The molecule has 0 aliphatic heterocycles. The molecule has 4 atom stereocenters. The topological polar surface area (TPSA) is 251 Å². The minimum Gasteiger partial charge on any atom is -0.480 e. The molecular formula is C26H40N8O6. The molecular weight excluding hydrogens is 520 g/mol. The Balaban J connectivity index is 2.29. The molecule has 1 aromatic heterocycles. The first-order chi connectivity index (χ1) is 18.9. The fourth-order valence-electron chi connectivity index (χ4n) is 4.10. The summed E-state index contributed by atoms with van der Waals surface area (Å²) in [5.74, 6) is -3.46. The predicted octanol–water partition coefficient (Wildman–Crippen LogP) is -1.33. The summed E-state index contributed by atoms with van der Waals surface area (Å²) >= 11 is 0. The number of aromatic nitrogens is 1. The van der Waals surface area contributed by atoms with Gasteiger partial charge in [0, 0.05) is 30.1 Å². The Morgan fingerprint density at radius 3 is 2.23 bits per heavy atom. The Bertz CT molecular complexity index is 1190. The molecule has 2 aromatic rings. The van der Waals surface area contributed by atoms with E-state index in [9.17, 15) is 29.4 Å². The van der Waals surface area contributed by atoms with Crippen molar-refractivity contribution >= 4 is 40.6 Å². The van der Waals surface area contributed by atoms with Crippen LogP contribution in [0.25, 0.3) is 10.9 Å². The van der Waals surface area contributed by atoms with Crippen LogP contribution in [-0.4, -0.2) is 82.2 Å². The Hall–Kier alpha value is -4.17. The maximum Gasteiger partial charge on any atom is 0.326 e. The van der Waals surface area contributed by atoms with E-state index in [4.69, 9.17) is 17.2 Å². The van der Waals surface area contributed by atoms with E-state index in [1.165, 1.54) is 0 Å². The van der Waals surface area contributed by atoms with Gasteiger partial charge in [0.2, 0.25) is 17.7 Å². The molecule has 0 bridgehead atoms. The lowest BCUT2D eigenvalue weighted by atomic mass is 10.00.